The Morgan fingerprint density at radius 1 is 1.28 bits per heavy atom. The first-order valence-electron chi connectivity index (χ1n) is 7.33. The van der Waals surface area contributed by atoms with E-state index in [1.54, 1.807) is 18.2 Å². The Kier molecular flexibility index (Phi) is 4.75. The van der Waals surface area contributed by atoms with Crippen LogP contribution >= 0.6 is 11.8 Å². The van der Waals surface area contributed by atoms with Gasteiger partial charge in [-0.15, -0.1) is 5.10 Å². The van der Waals surface area contributed by atoms with Crippen molar-refractivity contribution in [1.29, 1.82) is 0 Å². The maximum Gasteiger partial charge on any atom is 0.183 e. The molecule has 0 spiro atoms. The number of benzene rings is 1. The van der Waals surface area contributed by atoms with E-state index in [0.29, 0.717) is 21.8 Å². The number of halogens is 1. The lowest BCUT2D eigenvalue weighted by molar-refractivity contribution is -0.113. The summed E-state index contributed by atoms with van der Waals surface area (Å²) >= 11 is 0.996. The van der Waals surface area contributed by atoms with Gasteiger partial charge in [0.1, 0.15) is 22.9 Å². The van der Waals surface area contributed by atoms with Gasteiger partial charge in [-0.1, -0.05) is 35.2 Å². The summed E-state index contributed by atoms with van der Waals surface area (Å²) in [5.74, 6) is -0.717. The van der Waals surface area contributed by atoms with Crippen molar-refractivity contribution in [2.45, 2.75) is 25.4 Å². The maximum absolute atomic E-state index is 13.8. The molecule has 0 atom stereocenters. The molecule has 7 nitrogen and oxygen atoms in total. The van der Waals surface area contributed by atoms with Crippen LogP contribution in [0.1, 0.15) is 19.4 Å². The van der Waals surface area contributed by atoms with Crippen LogP contribution in [-0.2, 0) is 11.3 Å². The number of hydrogen-bond donors (Lipinski definition) is 1. The van der Waals surface area contributed by atoms with Crippen molar-refractivity contribution in [3.05, 3.63) is 52.6 Å². The molecule has 0 radical (unpaired) electrons. The number of Topliss-reactive ketones (excluding diaryl/α,β-unsaturated/α-hetero) is 1. The third-order valence-electron chi connectivity index (χ3n) is 3.39. The fourth-order valence-electron chi connectivity index (χ4n) is 2.24. The van der Waals surface area contributed by atoms with Crippen molar-refractivity contribution in [2.75, 3.05) is 0 Å². The highest BCUT2D eigenvalue weighted by Gasteiger charge is 2.18. The third kappa shape index (κ3) is 3.50. The molecule has 2 aromatic heterocycles. The van der Waals surface area contributed by atoms with Crippen molar-refractivity contribution in [3.8, 4) is 0 Å². The summed E-state index contributed by atoms with van der Waals surface area (Å²) in [6.07, 6.45) is 1.32. The van der Waals surface area contributed by atoms with Gasteiger partial charge >= 0.3 is 0 Å². The Hall–Kier alpha value is -2.81. The zero-order valence-corrected chi connectivity index (χ0v) is 14.3. The van der Waals surface area contributed by atoms with E-state index >= 15 is 0 Å². The van der Waals surface area contributed by atoms with Crippen molar-refractivity contribution < 1.29 is 14.3 Å². The molecule has 9 heteroatoms. The van der Waals surface area contributed by atoms with Crippen LogP contribution in [0.25, 0.3) is 11.2 Å². The molecule has 0 amide bonds. The molecule has 0 bridgehead atoms. The summed E-state index contributed by atoms with van der Waals surface area (Å²) in [5, 5.41) is 18.1. The quantitative estimate of drug-likeness (QED) is 0.324. The Labute approximate surface area is 146 Å². The van der Waals surface area contributed by atoms with Gasteiger partial charge in [0, 0.05) is 5.56 Å². The molecule has 0 aliphatic heterocycles. The smallest absolute Gasteiger partial charge is 0.183 e. The molecule has 0 fully saturated rings. The molecule has 0 aliphatic carbocycles. The van der Waals surface area contributed by atoms with Gasteiger partial charge in [0.05, 0.1) is 11.4 Å². The number of rotatable bonds is 5. The van der Waals surface area contributed by atoms with Crippen LogP contribution in [0.3, 0.4) is 0 Å². The average Bonchev–Trinajstić information content (AvgIpc) is 2.98. The number of carbonyl (C=O) groups excluding carboxylic acids is 1. The molecular formula is C16H14FN5O2S. The third-order valence-corrected chi connectivity index (χ3v) is 4.67. The molecule has 0 aliphatic rings. The summed E-state index contributed by atoms with van der Waals surface area (Å²) in [4.78, 5) is 20.1. The summed E-state index contributed by atoms with van der Waals surface area (Å²) < 4.78 is 15.3. The first-order valence-corrected chi connectivity index (χ1v) is 8.15. The zero-order chi connectivity index (χ0) is 18.0. The number of thioether (sulfide) groups is 1. The van der Waals surface area contributed by atoms with Crippen LogP contribution in [0.15, 0.2) is 46.3 Å². The Morgan fingerprint density at radius 2 is 2.04 bits per heavy atom. The first kappa shape index (κ1) is 17.0. The summed E-state index contributed by atoms with van der Waals surface area (Å²) in [5.41, 5.74) is 1.25. The highest BCUT2D eigenvalue weighted by atomic mass is 32.2. The number of ketones is 1. The number of carbonyl (C=O) groups is 1. The highest BCUT2D eigenvalue weighted by Crippen LogP contribution is 2.31. The van der Waals surface area contributed by atoms with Crippen LogP contribution in [0.2, 0.25) is 0 Å². The van der Waals surface area contributed by atoms with Gasteiger partial charge in [-0.05, 0) is 19.9 Å². The van der Waals surface area contributed by atoms with Gasteiger partial charge < -0.3 is 5.11 Å². The summed E-state index contributed by atoms with van der Waals surface area (Å²) in [6.45, 7) is 2.95. The Bertz CT molecular complexity index is 982. The van der Waals surface area contributed by atoms with Gasteiger partial charge in [-0.2, -0.15) is 0 Å². The number of aliphatic hydroxyl groups is 1. The summed E-state index contributed by atoms with van der Waals surface area (Å²) in [7, 11) is 0. The van der Waals surface area contributed by atoms with E-state index in [1.165, 1.54) is 30.9 Å². The first-order chi connectivity index (χ1) is 12.0. The van der Waals surface area contributed by atoms with Gasteiger partial charge in [0.2, 0.25) is 0 Å². The molecule has 1 N–H and O–H groups in total. The number of allylic oxidation sites excluding steroid dienone is 2. The predicted octanol–water partition coefficient (Wildman–Crippen LogP) is 2.88. The second-order valence-corrected chi connectivity index (χ2v) is 6.26. The van der Waals surface area contributed by atoms with E-state index in [4.69, 9.17) is 0 Å². The minimum atomic E-state index is -0.340. The minimum Gasteiger partial charge on any atom is -0.511 e. The van der Waals surface area contributed by atoms with Gasteiger partial charge in [-0.3, -0.25) is 4.79 Å². The molecule has 3 aromatic rings. The fourth-order valence-corrected chi connectivity index (χ4v) is 3.05. The van der Waals surface area contributed by atoms with E-state index in [0.717, 1.165) is 11.8 Å². The lowest BCUT2D eigenvalue weighted by Crippen LogP contribution is -2.05. The van der Waals surface area contributed by atoms with Crippen molar-refractivity contribution >= 4 is 28.7 Å². The standard InChI is InChI=1S/C16H14FN5O2S/c1-9(23)14(10(2)24)25-16-13-15(18-8-19-16)22(21-20-13)7-11-5-3-4-6-12(11)17/h3-6,8,23H,7H2,1-2H3/b14-9-. The molecule has 3 rings (SSSR count). The van der Waals surface area contributed by atoms with Crippen LogP contribution in [0.4, 0.5) is 4.39 Å². The molecule has 2 heterocycles. The SMILES string of the molecule is CC(=O)/C(Sc1ncnc2c1nnn2Cc1ccccc1F)=C(\C)O. The predicted molar refractivity (Wildman–Crippen MR) is 90.5 cm³/mol. The monoisotopic (exact) mass is 359 g/mol. The number of hydrogen-bond acceptors (Lipinski definition) is 7. The zero-order valence-electron chi connectivity index (χ0n) is 13.5. The maximum atomic E-state index is 13.8. The van der Waals surface area contributed by atoms with Crippen molar-refractivity contribution in [1.82, 2.24) is 25.0 Å². The van der Waals surface area contributed by atoms with Gasteiger partial charge in [0.25, 0.3) is 0 Å². The Balaban J connectivity index is 1.99. The van der Waals surface area contributed by atoms with Crippen molar-refractivity contribution in [2.24, 2.45) is 0 Å². The highest BCUT2D eigenvalue weighted by molar-refractivity contribution is 8.04. The molecule has 128 valence electrons. The van der Waals surface area contributed by atoms with Gasteiger partial charge in [0.15, 0.2) is 16.9 Å². The van der Waals surface area contributed by atoms with Crippen LogP contribution in [0, 0.1) is 5.82 Å². The molecule has 0 saturated heterocycles. The molecular weight excluding hydrogens is 345 g/mol. The van der Waals surface area contributed by atoms with E-state index in [2.05, 4.69) is 20.3 Å². The number of nitrogens with zero attached hydrogens (tertiary/aromatic N) is 5. The molecule has 0 unspecified atom stereocenters. The summed E-state index contributed by atoms with van der Waals surface area (Å²) in [6, 6.07) is 6.38. The number of aromatic nitrogens is 5. The fraction of sp³-hybridized carbons (Fsp3) is 0.188. The van der Waals surface area contributed by atoms with E-state index in [1.807, 2.05) is 0 Å². The lowest BCUT2D eigenvalue weighted by Gasteiger charge is -2.05. The largest absolute Gasteiger partial charge is 0.511 e. The Morgan fingerprint density at radius 3 is 2.72 bits per heavy atom. The molecule has 1 aromatic carbocycles. The number of fused-ring (bicyclic) bond motifs is 1. The molecule has 25 heavy (non-hydrogen) atoms. The normalized spacial score (nSPS) is 12.3. The second-order valence-electron chi connectivity index (χ2n) is 5.26. The average molecular weight is 359 g/mol. The van der Waals surface area contributed by atoms with Crippen molar-refractivity contribution in [3.63, 3.8) is 0 Å². The second kappa shape index (κ2) is 6.98. The van der Waals surface area contributed by atoms with Crippen LogP contribution < -0.4 is 0 Å². The minimum absolute atomic E-state index is 0.0944. The number of aliphatic hydroxyl groups excluding tert-OH is 1. The van der Waals surface area contributed by atoms with Crippen LogP contribution in [-0.4, -0.2) is 35.9 Å². The topological polar surface area (TPSA) is 93.8 Å². The van der Waals surface area contributed by atoms with Gasteiger partial charge in [-0.25, -0.2) is 19.0 Å². The molecule has 0 saturated carbocycles. The lowest BCUT2D eigenvalue weighted by atomic mass is 10.2. The van der Waals surface area contributed by atoms with E-state index in [9.17, 15) is 14.3 Å². The van der Waals surface area contributed by atoms with E-state index in [-0.39, 0.29) is 28.8 Å². The van der Waals surface area contributed by atoms with Crippen LogP contribution in [0.5, 0.6) is 0 Å². The van der Waals surface area contributed by atoms with E-state index < -0.39 is 0 Å².